The summed E-state index contributed by atoms with van der Waals surface area (Å²) in [6.45, 7) is 4.05. The average Bonchev–Trinajstić information content (AvgIpc) is 3.43. The third-order valence-electron chi connectivity index (χ3n) is 4.69. The zero-order valence-electron chi connectivity index (χ0n) is 16.1. The maximum Gasteiger partial charge on any atom is 0.263 e. The second-order valence-corrected chi connectivity index (χ2v) is 7.59. The number of rotatable bonds is 6. The lowest BCUT2D eigenvalue weighted by Crippen LogP contribution is -2.22. The van der Waals surface area contributed by atoms with Gasteiger partial charge in [0.05, 0.1) is 16.7 Å². The van der Waals surface area contributed by atoms with Crippen LogP contribution >= 0.6 is 11.8 Å². The molecule has 0 aliphatic carbocycles. The molecule has 0 amide bonds. The normalized spacial score (nSPS) is 11.4. The van der Waals surface area contributed by atoms with Crippen molar-refractivity contribution in [2.45, 2.75) is 17.5 Å². The van der Waals surface area contributed by atoms with Crippen LogP contribution in [0.1, 0.15) is 5.89 Å². The number of para-hydroxylation sites is 1. The molecule has 0 fully saturated rings. The summed E-state index contributed by atoms with van der Waals surface area (Å²) in [6.07, 6.45) is 1.65. The number of allylic oxidation sites excluding steroid dienone is 1. The van der Waals surface area contributed by atoms with Gasteiger partial charge in [-0.25, -0.2) is 4.39 Å². The average molecular weight is 434 g/mol. The van der Waals surface area contributed by atoms with Crippen LogP contribution in [0.25, 0.3) is 28.1 Å². The SMILES string of the molecule is C=CCn1c(=O)c2ccccc2n2c(SCc3nc(-c4ccc(F)cc4)no3)nnc12. The summed E-state index contributed by atoms with van der Waals surface area (Å²) in [6, 6.07) is 13.2. The number of fused-ring (bicyclic) bond motifs is 3. The van der Waals surface area contributed by atoms with Crippen molar-refractivity contribution in [1.82, 2.24) is 29.3 Å². The van der Waals surface area contributed by atoms with E-state index in [1.165, 1.54) is 28.5 Å². The highest BCUT2D eigenvalue weighted by molar-refractivity contribution is 7.98. The Hall–Kier alpha value is -3.79. The van der Waals surface area contributed by atoms with Crippen molar-refractivity contribution < 1.29 is 8.91 Å². The van der Waals surface area contributed by atoms with Crippen LogP contribution in [0.15, 0.2) is 75.7 Å². The molecule has 8 nitrogen and oxygen atoms in total. The maximum absolute atomic E-state index is 13.1. The molecule has 0 N–H and O–H groups in total. The van der Waals surface area contributed by atoms with Gasteiger partial charge < -0.3 is 4.52 Å². The fraction of sp³-hybridized carbons (Fsp3) is 0.0952. The number of thioether (sulfide) groups is 1. The molecule has 2 aromatic carbocycles. The summed E-state index contributed by atoms with van der Waals surface area (Å²) in [4.78, 5) is 17.2. The van der Waals surface area contributed by atoms with E-state index in [0.29, 0.717) is 51.4 Å². The first-order valence-corrected chi connectivity index (χ1v) is 10.3. The van der Waals surface area contributed by atoms with Crippen LogP contribution in [0.2, 0.25) is 0 Å². The summed E-state index contributed by atoms with van der Waals surface area (Å²) in [7, 11) is 0. The van der Waals surface area contributed by atoms with Crippen LogP contribution in [0.4, 0.5) is 4.39 Å². The Balaban J connectivity index is 1.50. The van der Waals surface area contributed by atoms with Crippen LogP contribution in [0.3, 0.4) is 0 Å². The largest absolute Gasteiger partial charge is 0.338 e. The molecular formula is C21H15FN6O2S. The number of hydrogen-bond acceptors (Lipinski definition) is 7. The Morgan fingerprint density at radius 3 is 2.74 bits per heavy atom. The molecule has 5 aromatic rings. The molecule has 0 saturated heterocycles. The first-order valence-electron chi connectivity index (χ1n) is 9.34. The molecule has 0 atom stereocenters. The van der Waals surface area contributed by atoms with Crippen LogP contribution in [0.5, 0.6) is 0 Å². The van der Waals surface area contributed by atoms with Crippen molar-refractivity contribution in [2.75, 3.05) is 0 Å². The van der Waals surface area contributed by atoms with Gasteiger partial charge in [-0.2, -0.15) is 4.98 Å². The lowest BCUT2D eigenvalue weighted by atomic mass is 10.2. The number of nitrogens with zero attached hydrogens (tertiary/aromatic N) is 6. The summed E-state index contributed by atoms with van der Waals surface area (Å²) < 4.78 is 21.8. The molecule has 10 heteroatoms. The van der Waals surface area contributed by atoms with Crippen molar-refractivity contribution in [2.24, 2.45) is 0 Å². The number of aromatic nitrogens is 6. The first kappa shape index (κ1) is 19.2. The van der Waals surface area contributed by atoms with Crippen molar-refractivity contribution >= 4 is 28.4 Å². The van der Waals surface area contributed by atoms with E-state index in [1.807, 2.05) is 22.6 Å². The molecule has 0 radical (unpaired) electrons. The smallest absolute Gasteiger partial charge is 0.263 e. The van der Waals surface area contributed by atoms with Gasteiger partial charge in [0.1, 0.15) is 5.82 Å². The Morgan fingerprint density at radius 1 is 1.13 bits per heavy atom. The van der Waals surface area contributed by atoms with E-state index >= 15 is 0 Å². The van der Waals surface area contributed by atoms with E-state index in [0.717, 1.165) is 0 Å². The summed E-state index contributed by atoms with van der Waals surface area (Å²) in [5.74, 6) is 1.23. The zero-order chi connectivity index (χ0) is 21.4. The van der Waals surface area contributed by atoms with E-state index in [-0.39, 0.29) is 11.4 Å². The summed E-state index contributed by atoms with van der Waals surface area (Å²) in [5, 5.41) is 13.6. The van der Waals surface area contributed by atoms with Crippen molar-refractivity contribution in [1.29, 1.82) is 0 Å². The topological polar surface area (TPSA) is 91.1 Å². The molecule has 31 heavy (non-hydrogen) atoms. The van der Waals surface area contributed by atoms with E-state index in [1.54, 1.807) is 24.3 Å². The second kappa shape index (κ2) is 7.80. The Bertz CT molecular complexity index is 1470. The molecule has 0 aliphatic rings. The lowest BCUT2D eigenvalue weighted by molar-refractivity contribution is 0.391. The minimum Gasteiger partial charge on any atom is -0.338 e. The van der Waals surface area contributed by atoms with E-state index in [2.05, 4.69) is 26.9 Å². The first-order chi connectivity index (χ1) is 15.2. The molecule has 0 saturated carbocycles. The molecule has 0 unspecified atom stereocenters. The van der Waals surface area contributed by atoms with Gasteiger partial charge in [-0.1, -0.05) is 35.1 Å². The number of hydrogen-bond donors (Lipinski definition) is 0. The van der Waals surface area contributed by atoms with E-state index in [9.17, 15) is 9.18 Å². The number of halogens is 1. The van der Waals surface area contributed by atoms with Gasteiger partial charge in [0.25, 0.3) is 5.56 Å². The van der Waals surface area contributed by atoms with Gasteiger partial charge in [0.2, 0.25) is 17.5 Å². The summed E-state index contributed by atoms with van der Waals surface area (Å²) in [5.41, 5.74) is 1.23. The van der Waals surface area contributed by atoms with Crippen LogP contribution in [-0.2, 0) is 12.3 Å². The van der Waals surface area contributed by atoms with Crippen molar-refractivity contribution in [3.05, 3.63) is 83.2 Å². The van der Waals surface area contributed by atoms with Crippen LogP contribution in [-0.4, -0.2) is 29.3 Å². The minimum absolute atomic E-state index is 0.146. The minimum atomic E-state index is -0.330. The molecule has 0 spiro atoms. The highest BCUT2D eigenvalue weighted by Crippen LogP contribution is 2.25. The quantitative estimate of drug-likeness (QED) is 0.297. The van der Waals surface area contributed by atoms with E-state index < -0.39 is 0 Å². The second-order valence-electron chi connectivity index (χ2n) is 6.65. The van der Waals surface area contributed by atoms with Crippen LogP contribution < -0.4 is 5.56 Å². The van der Waals surface area contributed by atoms with Gasteiger partial charge >= 0.3 is 0 Å². The fourth-order valence-corrected chi connectivity index (χ4v) is 4.05. The number of benzene rings is 2. The third-order valence-corrected chi connectivity index (χ3v) is 5.60. The molecule has 0 aliphatic heterocycles. The standard InChI is InChI=1S/C21H15FN6O2S/c1-2-11-27-19(29)15-5-3-4-6-16(15)28-20(27)24-25-21(28)31-12-17-23-18(26-30-17)13-7-9-14(22)10-8-13/h2-10H,1,11-12H2. The summed E-state index contributed by atoms with van der Waals surface area (Å²) >= 11 is 1.36. The third kappa shape index (κ3) is 3.40. The van der Waals surface area contributed by atoms with Gasteiger partial charge in [0, 0.05) is 12.1 Å². The predicted molar refractivity (Wildman–Crippen MR) is 114 cm³/mol. The molecule has 3 aromatic heterocycles. The molecule has 0 bridgehead atoms. The van der Waals surface area contributed by atoms with Gasteiger partial charge in [-0.15, -0.1) is 16.8 Å². The van der Waals surface area contributed by atoms with Crippen molar-refractivity contribution in [3.8, 4) is 11.4 Å². The highest BCUT2D eigenvalue weighted by Gasteiger charge is 2.17. The predicted octanol–water partition coefficient (Wildman–Crippen LogP) is 3.71. The monoisotopic (exact) mass is 434 g/mol. The van der Waals surface area contributed by atoms with Crippen molar-refractivity contribution in [3.63, 3.8) is 0 Å². The zero-order valence-corrected chi connectivity index (χ0v) is 16.9. The van der Waals surface area contributed by atoms with Gasteiger partial charge in [-0.3, -0.25) is 13.8 Å². The molecule has 5 rings (SSSR count). The van der Waals surface area contributed by atoms with Crippen LogP contribution in [0, 0.1) is 5.82 Å². The highest BCUT2D eigenvalue weighted by atomic mass is 32.2. The Labute approximate surface area is 179 Å². The van der Waals surface area contributed by atoms with E-state index in [4.69, 9.17) is 4.52 Å². The Morgan fingerprint density at radius 2 is 1.94 bits per heavy atom. The molecule has 3 heterocycles. The van der Waals surface area contributed by atoms with Gasteiger partial charge in [0.15, 0.2) is 5.16 Å². The molecular weight excluding hydrogens is 419 g/mol. The Kier molecular flexibility index (Phi) is 4.83. The maximum atomic E-state index is 13.1. The fourth-order valence-electron chi connectivity index (χ4n) is 3.28. The van der Waals surface area contributed by atoms with Gasteiger partial charge in [-0.05, 0) is 36.4 Å². The lowest BCUT2D eigenvalue weighted by Gasteiger charge is -2.09. The molecule has 154 valence electrons.